The quantitative estimate of drug-likeness (QED) is 0.623. The van der Waals surface area contributed by atoms with Gasteiger partial charge in [0.1, 0.15) is 11.1 Å². The highest BCUT2D eigenvalue weighted by atomic mass is 16.4. The van der Waals surface area contributed by atoms with Crippen LogP contribution in [0.5, 0.6) is 0 Å². The number of nitrogens with zero attached hydrogens (tertiary/aromatic N) is 3. The number of hydrogen-bond acceptors (Lipinski definition) is 6. The minimum atomic E-state index is -1.04. The number of amides is 1. The van der Waals surface area contributed by atoms with Crippen LogP contribution in [0.2, 0.25) is 0 Å². The van der Waals surface area contributed by atoms with Gasteiger partial charge in [0.05, 0.1) is 17.6 Å². The third-order valence-corrected chi connectivity index (χ3v) is 6.72. The zero-order valence-electron chi connectivity index (χ0n) is 17.9. The Morgan fingerprint density at radius 3 is 2.68 bits per heavy atom. The fraction of sp³-hybridized carbons (Fsp3) is 0.565. The molecule has 1 atom stereocenters. The van der Waals surface area contributed by atoms with Crippen molar-refractivity contribution in [3.63, 3.8) is 0 Å². The monoisotopic (exact) mass is 426 g/mol. The zero-order chi connectivity index (χ0) is 22.1. The first kappa shape index (κ1) is 21.5. The molecule has 31 heavy (non-hydrogen) atoms. The van der Waals surface area contributed by atoms with E-state index in [9.17, 15) is 19.8 Å². The summed E-state index contributed by atoms with van der Waals surface area (Å²) in [7, 11) is 0. The van der Waals surface area contributed by atoms with Crippen LogP contribution in [0.4, 0.5) is 5.69 Å². The van der Waals surface area contributed by atoms with Gasteiger partial charge in [0.15, 0.2) is 0 Å². The molecule has 8 heteroatoms. The number of anilines is 1. The Hall–Kier alpha value is -2.74. The van der Waals surface area contributed by atoms with Crippen molar-refractivity contribution >= 4 is 28.6 Å². The van der Waals surface area contributed by atoms with Crippen molar-refractivity contribution < 1.29 is 19.8 Å². The summed E-state index contributed by atoms with van der Waals surface area (Å²) in [6.45, 7) is 3.14. The summed E-state index contributed by atoms with van der Waals surface area (Å²) in [5.74, 6) is -1.03. The van der Waals surface area contributed by atoms with Crippen molar-refractivity contribution in [1.82, 2.24) is 15.3 Å². The van der Waals surface area contributed by atoms with Crippen LogP contribution in [0.3, 0.4) is 0 Å². The standard InChI is InChI=1S/C23H30N4O4/c1-16-4-5-17-21(26-16)18(6-10-24-17)27-11-9-23(31,15-27)14-25-19(28)12-22(13-20(29)30)7-2-3-8-22/h4-6,10,31H,2-3,7-9,11-15H2,1H3,(H,25,28)(H,29,30). The maximum Gasteiger partial charge on any atom is 0.303 e. The van der Waals surface area contributed by atoms with Crippen molar-refractivity contribution in [3.8, 4) is 0 Å². The number of fused-ring (bicyclic) bond motifs is 1. The molecule has 3 N–H and O–H groups in total. The summed E-state index contributed by atoms with van der Waals surface area (Å²) in [6, 6.07) is 5.78. The molecule has 1 amide bonds. The highest BCUT2D eigenvalue weighted by Crippen LogP contribution is 2.44. The summed E-state index contributed by atoms with van der Waals surface area (Å²) in [5, 5.41) is 23.2. The van der Waals surface area contributed by atoms with Crippen LogP contribution < -0.4 is 10.2 Å². The number of hydrogen-bond donors (Lipinski definition) is 3. The van der Waals surface area contributed by atoms with Crippen LogP contribution in [-0.4, -0.2) is 57.3 Å². The third kappa shape index (κ3) is 4.79. The number of carbonyl (C=O) groups excluding carboxylic acids is 1. The lowest BCUT2D eigenvalue weighted by molar-refractivity contribution is -0.140. The van der Waals surface area contributed by atoms with E-state index in [-0.39, 0.29) is 25.3 Å². The molecule has 8 nitrogen and oxygen atoms in total. The van der Waals surface area contributed by atoms with Gasteiger partial charge in [0.2, 0.25) is 5.91 Å². The lowest BCUT2D eigenvalue weighted by Gasteiger charge is -2.28. The molecule has 0 bridgehead atoms. The van der Waals surface area contributed by atoms with Crippen LogP contribution in [0.15, 0.2) is 24.4 Å². The Morgan fingerprint density at radius 1 is 1.16 bits per heavy atom. The van der Waals surface area contributed by atoms with Crippen molar-refractivity contribution in [2.24, 2.45) is 5.41 Å². The number of aliphatic carboxylic acids is 1. The van der Waals surface area contributed by atoms with Gasteiger partial charge in [-0.3, -0.25) is 14.6 Å². The molecule has 0 spiro atoms. The molecule has 0 radical (unpaired) electrons. The topological polar surface area (TPSA) is 116 Å². The van der Waals surface area contributed by atoms with Crippen molar-refractivity contribution in [1.29, 1.82) is 0 Å². The molecule has 3 heterocycles. The van der Waals surface area contributed by atoms with E-state index in [1.165, 1.54) is 0 Å². The number of aliphatic hydroxyl groups is 1. The van der Waals surface area contributed by atoms with Gasteiger partial charge in [-0.05, 0) is 49.8 Å². The summed E-state index contributed by atoms with van der Waals surface area (Å²) in [4.78, 5) is 35.0. The summed E-state index contributed by atoms with van der Waals surface area (Å²) in [5.41, 5.74) is 1.98. The Morgan fingerprint density at radius 2 is 1.94 bits per heavy atom. The molecule has 2 aromatic rings. The summed E-state index contributed by atoms with van der Waals surface area (Å²) >= 11 is 0. The van der Waals surface area contributed by atoms with E-state index in [1.807, 2.05) is 25.1 Å². The van der Waals surface area contributed by atoms with Gasteiger partial charge in [0, 0.05) is 37.9 Å². The number of carboxylic acid groups (broad SMARTS) is 1. The second-order valence-corrected chi connectivity index (χ2v) is 9.28. The van der Waals surface area contributed by atoms with Crippen LogP contribution in [0.25, 0.3) is 11.0 Å². The van der Waals surface area contributed by atoms with E-state index < -0.39 is 17.0 Å². The second kappa shape index (κ2) is 8.42. The van der Waals surface area contributed by atoms with Gasteiger partial charge < -0.3 is 20.4 Å². The first-order valence-electron chi connectivity index (χ1n) is 11.0. The fourth-order valence-corrected chi connectivity index (χ4v) is 5.10. The number of aromatic nitrogens is 2. The van der Waals surface area contributed by atoms with E-state index in [2.05, 4.69) is 20.2 Å². The Kier molecular flexibility index (Phi) is 5.83. The van der Waals surface area contributed by atoms with Gasteiger partial charge in [-0.25, -0.2) is 4.98 Å². The molecular weight excluding hydrogens is 396 g/mol. The predicted octanol–water partition coefficient (Wildman–Crippen LogP) is 2.42. The minimum Gasteiger partial charge on any atom is -0.481 e. The van der Waals surface area contributed by atoms with E-state index in [4.69, 9.17) is 0 Å². The maximum absolute atomic E-state index is 12.6. The second-order valence-electron chi connectivity index (χ2n) is 9.28. The van der Waals surface area contributed by atoms with Gasteiger partial charge in [0.25, 0.3) is 0 Å². The average Bonchev–Trinajstić information content (AvgIpc) is 3.33. The molecule has 2 aromatic heterocycles. The Balaban J connectivity index is 1.39. The lowest BCUT2D eigenvalue weighted by atomic mass is 9.79. The lowest BCUT2D eigenvalue weighted by Crippen LogP contribution is -2.46. The molecule has 2 fully saturated rings. The minimum absolute atomic E-state index is 0.0278. The number of carbonyl (C=O) groups is 2. The third-order valence-electron chi connectivity index (χ3n) is 6.72. The van der Waals surface area contributed by atoms with Crippen molar-refractivity contribution in [3.05, 3.63) is 30.1 Å². The number of nitrogens with one attached hydrogen (secondary N) is 1. The highest BCUT2D eigenvalue weighted by molar-refractivity contribution is 5.88. The molecule has 1 aliphatic carbocycles. The zero-order valence-corrected chi connectivity index (χ0v) is 17.9. The molecule has 166 valence electrons. The average molecular weight is 427 g/mol. The summed E-state index contributed by atoms with van der Waals surface area (Å²) < 4.78 is 0. The summed E-state index contributed by atoms with van der Waals surface area (Å²) in [6.07, 6.45) is 5.98. The molecule has 2 aliphatic rings. The molecule has 1 unspecified atom stereocenters. The van der Waals surface area contributed by atoms with Gasteiger partial charge >= 0.3 is 5.97 Å². The largest absolute Gasteiger partial charge is 0.481 e. The number of aryl methyl sites for hydroxylation is 1. The Bertz CT molecular complexity index is 989. The normalized spacial score (nSPS) is 22.7. The van der Waals surface area contributed by atoms with E-state index in [0.29, 0.717) is 19.5 Å². The molecular formula is C23H30N4O4. The molecule has 1 aliphatic heterocycles. The highest BCUT2D eigenvalue weighted by Gasteiger charge is 2.40. The number of rotatable bonds is 7. The number of pyridine rings is 2. The van der Waals surface area contributed by atoms with E-state index in [0.717, 1.165) is 48.1 Å². The molecule has 0 aromatic carbocycles. The van der Waals surface area contributed by atoms with Crippen LogP contribution in [-0.2, 0) is 9.59 Å². The molecule has 1 saturated heterocycles. The molecule has 4 rings (SSSR count). The number of β-amino-alcohol motifs (C(OH)–C–C–N with tert-alkyl or cyclic N) is 1. The van der Waals surface area contributed by atoms with Gasteiger partial charge in [-0.15, -0.1) is 0 Å². The predicted molar refractivity (Wildman–Crippen MR) is 117 cm³/mol. The van der Waals surface area contributed by atoms with E-state index in [1.54, 1.807) is 6.20 Å². The number of carboxylic acids is 1. The molecule has 1 saturated carbocycles. The van der Waals surface area contributed by atoms with Crippen LogP contribution in [0, 0.1) is 12.3 Å². The first-order valence-corrected chi connectivity index (χ1v) is 11.0. The van der Waals surface area contributed by atoms with Gasteiger partial charge in [-0.1, -0.05) is 12.8 Å². The van der Waals surface area contributed by atoms with Gasteiger partial charge in [-0.2, -0.15) is 0 Å². The van der Waals surface area contributed by atoms with E-state index >= 15 is 0 Å². The van der Waals surface area contributed by atoms with Crippen LogP contribution >= 0.6 is 0 Å². The smallest absolute Gasteiger partial charge is 0.303 e. The van der Waals surface area contributed by atoms with Crippen molar-refractivity contribution in [2.45, 2.75) is 57.5 Å². The first-order chi connectivity index (χ1) is 14.8. The van der Waals surface area contributed by atoms with Crippen LogP contribution in [0.1, 0.15) is 50.6 Å². The van der Waals surface area contributed by atoms with Crippen molar-refractivity contribution in [2.75, 3.05) is 24.5 Å². The SMILES string of the molecule is Cc1ccc2nccc(N3CCC(O)(CNC(=O)CC4(CC(=O)O)CCCC4)C3)c2n1. The fourth-order valence-electron chi connectivity index (χ4n) is 5.10. The Labute approximate surface area is 181 Å². The maximum atomic E-state index is 12.6.